The molecule has 6 nitrogen and oxygen atoms in total. The van der Waals surface area contributed by atoms with Crippen LogP contribution in [0.3, 0.4) is 0 Å². The highest BCUT2D eigenvalue weighted by Crippen LogP contribution is 2.14. The van der Waals surface area contributed by atoms with Crippen molar-refractivity contribution in [2.75, 3.05) is 25.1 Å². The maximum atomic E-state index is 11.5. The van der Waals surface area contributed by atoms with Crippen LogP contribution in [0.5, 0.6) is 5.75 Å². The second-order valence-electron chi connectivity index (χ2n) is 5.94. The third-order valence-electron chi connectivity index (χ3n) is 3.68. The average Bonchev–Trinajstić information content (AvgIpc) is 2.82. The van der Waals surface area contributed by atoms with Gasteiger partial charge in [-0.3, -0.25) is 4.99 Å². The van der Waals surface area contributed by atoms with Gasteiger partial charge in [-0.2, -0.15) is 0 Å². The molecule has 1 fully saturated rings. The van der Waals surface area contributed by atoms with E-state index in [4.69, 9.17) is 4.74 Å². The van der Waals surface area contributed by atoms with E-state index in [0.29, 0.717) is 18.9 Å². The van der Waals surface area contributed by atoms with Gasteiger partial charge in [-0.15, -0.1) is 0 Å². The van der Waals surface area contributed by atoms with E-state index in [-0.39, 0.29) is 23.7 Å². The molecule has 128 valence electrons. The van der Waals surface area contributed by atoms with E-state index in [1.165, 1.54) is 0 Å². The number of guanidine groups is 1. The van der Waals surface area contributed by atoms with Crippen LogP contribution in [0.25, 0.3) is 0 Å². The lowest BCUT2D eigenvalue weighted by molar-refractivity contribution is 0.223. The predicted octanol–water partition coefficient (Wildman–Crippen LogP) is 1.11. The van der Waals surface area contributed by atoms with Crippen molar-refractivity contribution in [2.45, 2.75) is 32.4 Å². The first-order chi connectivity index (χ1) is 10.9. The van der Waals surface area contributed by atoms with Gasteiger partial charge in [0.25, 0.3) is 0 Å². The van der Waals surface area contributed by atoms with Crippen LogP contribution in [0, 0.1) is 6.92 Å². The Morgan fingerprint density at radius 3 is 2.87 bits per heavy atom. The van der Waals surface area contributed by atoms with Gasteiger partial charge in [0.05, 0.1) is 18.1 Å². The minimum absolute atomic E-state index is 0.0392. The van der Waals surface area contributed by atoms with Crippen LogP contribution >= 0.6 is 0 Å². The molecule has 1 aliphatic rings. The molecule has 2 N–H and O–H groups in total. The smallest absolute Gasteiger partial charge is 0.191 e. The molecule has 1 heterocycles. The number of hydrogen-bond acceptors (Lipinski definition) is 4. The summed E-state index contributed by atoms with van der Waals surface area (Å²) < 4.78 is 28.8. The summed E-state index contributed by atoms with van der Waals surface area (Å²) in [6.07, 6.45) is 0.584. The summed E-state index contributed by atoms with van der Waals surface area (Å²) in [6.45, 7) is 4.58. The summed E-state index contributed by atoms with van der Waals surface area (Å²) in [5.74, 6) is 1.85. The van der Waals surface area contributed by atoms with E-state index in [2.05, 4.69) is 15.6 Å². The maximum absolute atomic E-state index is 11.5. The molecule has 0 bridgehead atoms. The second kappa shape index (κ2) is 7.68. The molecule has 2 rings (SSSR count). The number of sulfone groups is 1. The Kier molecular flexibility index (Phi) is 5.87. The number of hydrogen-bond donors (Lipinski definition) is 2. The third kappa shape index (κ3) is 5.74. The summed E-state index contributed by atoms with van der Waals surface area (Å²) in [7, 11) is -1.22. The van der Waals surface area contributed by atoms with Gasteiger partial charge in [-0.05, 0) is 38.0 Å². The Labute approximate surface area is 138 Å². The molecule has 0 aromatic heterocycles. The zero-order valence-corrected chi connectivity index (χ0v) is 14.7. The van der Waals surface area contributed by atoms with Crippen molar-refractivity contribution < 1.29 is 13.2 Å². The quantitative estimate of drug-likeness (QED) is 0.621. The highest BCUT2D eigenvalue weighted by Gasteiger charge is 2.28. The number of aliphatic imine (C=N–C) groups is 1. The topological polar surface area (TPSA) is 79.8 Å². The molecule has 1 saturated heterocycles. The fourth-order valence-corrected chi connectivity index (χ4v) is 4.17. The van der Waals surface area contributed by atoms with Crippen LogP contribution < -0.4 is 15.4 Å². The Morgan fingerprint density at radius 2 is 2.26 bits per heavy atom. The number of ether oxygens (including phenoxy) is 1. The normalized spacial score (nSPS) is 21.7. The first kappa shape index (κ1) is 17.6. The molecule has 0 amide bonds. The van der Waals surface area contributed by atoms with Crippen LogP contribution in [0.15, 0.2) is 29.3 Å². The summed E-state index contributed by atoms with van der Waals surface area (Å²) >= 11 is 0. The van der Waals surface area contributed by atoms with Crippen molar-refractivity contribution in [3.8, 4) is 5.75 Å². The van der Waals surface area contributed by atoms with Gasteiger partial charge in [0.2, 0.25) is 0 Å². The molecule has 0 radical (unpaired) electrons. The summed E-state index contributed by atoms with van der Waals surface area (Å²) in [6, 6.07) is 7.84. The number of benzene rings is 1. The third-order valence-corrected chi connectivity index (χ3v) is 5.45. The molecule has 2 unspecified atom stereocenters. The Morgan fingerprint density at radius 1 is 1.48 bits per heavy atom. The summed E-state index contributed by atoms with van der Waals surface area (Å²) in [5.41, 5.74) is 1.16. The lowest BCUT2D eigenvalue weighted by atomic mass is 10.2. The van der Waals surface area contributed by atoms with Crippen molar-refractivity contribution in [1.29, 1.82) is 0 Å². The maximum Gasteiger partial charge on any atom is 0.191 e. The first-order valence-corrected chi connectivity index (χ1v) is 9.61. The molecule has 1 aromatic carbocycles. The van der Waals surface area contributed by atoms with Crippen LogP contribution in [0.4, 0.5) is 0 Å². The van der Waals surface area contributed by atoms with Crippen molar-refractivity contribution in [1.82, 2.24) is 10.6 Å². The van der Waals surface area contributed by atoms with E-state index < -0.39 is 9.84 Å². The lowest BCUT2D eigenvalue weighted by Crippen LogP contribution is -2.46. The average molecular weight is 339 g/mol. The van der Waals surface area contributed by atoms with E-state index in [1.54, 1.807) is 7.05 Å². The number of rotatable bonds is 5. The largest absolute Gasteiger partial charge is 0.489 e. The number of nitrogens with zero attached hydrogens (tertiary/aromatic N) is 1. The van der Waals surface area contributed by atoms with Gasteiger partial charge in [0, 0.05) is 13.1 Å². The zero-order valence-electron chi connectivity index (χ0n) is 13.9. The minimum atomic E-state index is -2.90. The van der Waals surface area contributed by atoms with Gasteiger partial charge in [0.1, 0.15) is 11.9 Å². The summed E-state index contributed by atoms with van der Waals surface area (Å²) in [5, 5.41) is 6.33. The van der Waals surface area contributed by atoms with Crippen LogP contribution in [0.2, 0.25) is 0 Å². The highest BCUT2D eigenvalue weighted by atomic mass is 32.2. The van der Waals surface area contributed by atoms with Gasteiger partial charge < -0.3 is 15.4 Å². The predicted molar refractivity (Wildman–Crippen MR) is 92.8 cm³/mol. The van der Waals surface area contributed by atoms with Crippen molar-refractivity contribution >= 4 is 15.8 Å². The van der Waals surface area contributed by atoms with Crippen LogP contribution in [-0.2, 0) is 9.84 Å². The molecular formula is C16H25N3O3S. The highest BCUT2D eigenvalue weighted by molar-refractivity contribution is 7.91. The van der Waals surface area contributed by atoms with E-state index in [1.807, 2.05) is 38.1 Å². The molecule has 1 aromatic rings. The minimum Gasteiger partial charge on any atom is -0.489 e. The zero-order chi connectivity index (χ0) is 16.9. The van der Waals surface area contributed by atoms with E-state index >= 15 is 0 Å². The van der Waals surface area contributed by atoms with Crippen LogP contribution in [-0.4, -0.2) is 51.6 Å². The first-order valence-electron chi connectivity index (χ1n) is 7.79. The molecule has 7 heteroatoms. The van der Waals surface area contributed by atoms with Crippen molar-refractivity contribution in [2.24, 2.45) is 4.99 Å². The SMILES string of the molecule is CN=C(NCC(C)Oc1cccc(C)c1)NC1CCS(=O)(=O)C1. The molecule has 2 atom stereocenters. The molecule has 0 spiro atoms. The number of nitrogens with one attached hydrogen (secondary N) is 2. The van der Waals surface area contributed by atoms with Crippen molar-refractivity contribution in [3.05, 3.63) is 29.8 Å². The van der Waals surface area contributed by atoms with Crippen molar-refractivity contribution in [3.63, 3.8) is 0 Å². The lowest BCUT2D eigenvalue weighted by Gasteiger charge is -2.19. The molecule has 23 heavy (non-hydrogen) atoms. The van der Waals surface area contributed by atoms with E-state index in [9.17, 15) is 8.42 Å². The Hall–Kier alpha value is -1.76. The standard InChI is InChI=1S/C16H25N3O3S/c1-12-5-4-6-15(9-12)22-13(2)10-18-16(17-3)19-14-7-8-23(20,21)11-14/h4-6,9,13-14H,7-8,10-11H2,1-3H3,(H2,17,18,19). The fraction of sp³-hybridized carbons (Fsp3) is 0.562. The fourth-order valence-electron chi connectivity index (χ4n) is 2.50. The van der Waals surface area contributed by atoms with Gasteiger partial charge >= 0.3 is 0 Å². The second-order valence-corrected chi connectivity index (χ2v) is 8.17. The van der Waals surface area contributed by atoms with Gasteiger partial charge in [-0.25, -0.2) is 8.42 Å². The molecule has 0 saturated carbocycles. The molecular weight excluding hydrogens is 314 g/mol. The Bertz CT molecular complexity index is 658. The van der Waals surface area contributed by atoms with Gasteiger partial charge in [-0.1, -0.05) is 12.1 Å². The van der Waals surface area contributed by atoms with Crippen LogP contribution in [0.1, 0.15) is 18.9 Å². The number of aryl methyl sites for hydroxylation is 1. The molecule has 1 aliphatic heterocycles. The Balaban J connectivity index is 1.79. The monoisotopic (exact) mass is 339 g/mol. The van der Waals surface area contributed by atoms with Gasteiger partial charge in [0.15, 0.2) is 15.8 Å². The summed E-state index contributed by atoms with van der Waals surface area (Å²) in [4.78, 5) is 4.14. The molecule has 0 aliphatic carbocycles. The van der Waals surface area contributed by atoms with E-state index in [0.717, 1.165) is 11.3 Å².